The highest BCUT2D eigenvalue weighted by Crippen LogP contribution is 2.21. The quantitative estimate of drug-likeness (QED) is 0.831. The van der Waals surface area contributed by atoms with Crippen molar-refractivity contribution in [3.8, 4) is 0 Å². The van der Waals surface area contributed by atoms with E-state index in [1.165, 1.54) is 0 Å². The molecule has 0 aliphatic carbocycles. The number of nitrogens with one attached hydrogen (secondary N) is 1. The van der Waals surface area contributed by atoms with E-state index in [0.29, 0.717) is 5.92 Å². The molecule has 0 radical (unpaired) electrons. The van der Waals surface area contributed by atoms with Gasteiger partial charge in [-0.3, -0.25) is 0 Å². The molecule has 0 amide bonds. The Labute approximate surface area is 127 Å². The van der Waals surface area contributed by atoms with Crippen LogP contribution in [-0.4, -0.2) is 23.1 Å². The van der Waals surface area contributed by atoms with Crippen molar-refractivity contribution in [3.05, 3.63) is 42.6 Å². The van der Waals surface area contributed by atoms with Crippen molar-refractivity contribution >= 4 is 17.5 Å². The molecule has 1 aromatic carbocycles. The van der Waals surface area contributed by atoms with Crippen LogP contribution < -0.4 is 10.2 Å². The zero-order chi connectivity index (χ0) is 15.1. The van der Waals surface area contributed by atoms with Gasteiger partial charge in [0.1, 0.15) is 5.82 Å². The highest BCUT2D eigenvalue weighted by Gasteiger charge is 2.10. The predicted molar refractivity (Wildman–Crippen MR) is 89.1 cm³/mol. The standard InChI is InChI=1S/C17H24N4/c1-4-21(15-8-6-5-7-9-15)17-19-13-11-16(20-17)18-12-10-14(2)3/h5-9,11,13-14H,4,10,12H2,1-3H3,(H,18,19,20). The third-order valence-corrected chi connectivity index (χ3v) is 3.30. The van der Waals surface area contributed by atoms with Gasteiger partial charge in [-0.1, -0.05) is 32.0 Å². The zero-order valence-corrected chi connectivity index (χ0v) is 13.1. The van der Waals surface area contributed by atoms with Crippen molar-refractivity contribution in [2.24, 2.45) is 5.92 Å². The van der Waals surface area contributed by atoms with Crippen LogP contribution in [0.4, 0.5) is 17.5 Å². The predicted octanol–water partition coefficient (Wildman–Crippen LogP) is 4.09. The van der Waals surface area contributed by atoms with Crippen molar-refractivity contribution < 1.29 is 0 Å². The van der Waals surface area contributed by atoms with E-state index in [9.17, 15) is 0 Å². The topological polar surface area (TPSA) is 41.1 Å². The summed E-state index contributed by atoms with van der Waals surface area (Å²) in [6.07, 6.45) is 2.95. The van der Waals surface area contributed by atoms with Gasteiger partial charge in [0.15, 0.2) is 0 Å². The number of anilines is 3. The van der Waals surface area contributed by atoms with Gasteiger partial charge < -0.3 is 10.2 Å². The average molecular weight is 284 g/mol. The molecule has 2 aromatic rings. The number of rotatable bonds is 7. The molecule has 0 saturated carbocycles. The molecule has 2 rings (SSSR count). The SMILES string of the molecule is CCN(c1ccccc1)c1nccc(NCCC(C)C)n1. The number of nitrogens with zero attached hydrogens (tertiary/aromatic N) is 3. The maximum atomic E-state index is 4.62. The van der Waals surface area contributed by atoms with Gasteiger partial charge in [-0.05, 0) is 37.5 Å². The minimum atomic E-state index is 0.690. The van der Waals surface area contributed by atoms with Crippen LogP contribution in [0.1, 0.15) is 27.2 Å². The second-order valence-electron chi connectivity index (χ2n) is 5.43. The molecule has 1 aromatic heterocycles. The summed E-state index contributed by atoms with van der Waals surface area (Å²) >= 11 is 0. The molecule has 0 aliphatic rings. The Morgan fingerprint density at radius 1 is 1.14 bits per heavy atom. The van der Waals surface area contributed by atoms with Gasteiger partial charge >= 0.3 is 0 Å². The number of hydrogen-bond donors (Lipinski definition) is 1. The summed E-state index contributed by atoms with van der Waals surface area (Å²) in [6, 6.07) is 12.1. The van der Waals surface area contributed by atoms with E-state index in [1.807, 2.05) is 30.5 Å². The minimum absolute atomic E-state index is 0.690. The first-order valence-electron chi connectivity index (χ1n) is 7.60. The van der Waals surface area contributed by atoms with Crippen LogP contribution in [0.15, 0.2) is 42.6 Å². The molecule has 0 atom stereocenters. The summed E-state index contributed by atoms with van der Waals surface area (Å²) in [5.74, 6) is 2.31. The summed E-state index contributed by atoms with van der Waals surface area (Å²) in [6.45, 7) is 8.32. The smallest absolute Gasteiger partial charge is 0.231 e. The minimum Gasteiger partial charge on any atom is -0.370 e. The average Bonchev–Trinajstić information content (AvgIpc) is 2.49. The molecule has 0 aliphatic heterocycles. The van der Waals surface area contributed by atoms with Gasteiger partial charge in [0.25, 0.3) is 0 Å². The van der Waals surface area contributed by atoms with E-state index < -0.39 is 0 Å². The molecule has 21 heavy (non-hydrogen) atoms. The Morgan fingerprint density at radius 2 is 1.90 bits per heavy atom. The molecule has 0 bridgehead atoms. The third kappa shape index (κ3) is 4.45. The van der Waals surface area contributed by atoms with E-state index >= 15 is 0 Å². The first-order chi connectivity index (χ1) is 10.2. The Hall–Kier alpha value is -2.10. The number of benzene rings is 1. The van der Waals surface area contributed by atoms with E-state index in [1.54, 1.807) is 0 Å². The third-order valence-electron chi connectivity index (χ3n) is 3.30. The molecular formula is C17H24N4. The normalized spacial score (nSPS) is 10.7. The maximum Gasteiger partial charge on any atom is 0.231 e. The number of aromatic nitrogens is 2. The van der Waals surface area contributed by atoms with Crippen LogP contribution >= 0.6 is 0 Å². The van der Waals surface area contributed by atoms with Crippen LogP contribution in [0.5, 0.6) is 0 Å². The van der Waals surface area contributed by atoms with Crippen LogP contribution in [-0.2, 0) is 0 Å². The van der Waals surface area contributed by atoms with Crippen LogP contribution in [0.3, 0.4) is 0 Å². The lowest BCUT2D eigenvalue weighted by molar-refractivity contribution is 0.606. The molecule has 0 fully saturated rings. The Morgan fingerprint density at radius 3 is 2.57 bits per heavy atom. The largest absolute Gasteiger partial charge is 0.370 e. The monoisotopic (exact) mass is 284 g/mol. The van der Waals surface area contributed by atoms with Gasteiger partial charge in [0.2, 0.25) is 5.95 Å². The van der Waals surface area contributed by atoms with Crippen molar-refractivity contribution in [2.45, 2.75) is 27.2 Å². The Kier molecular flexibility index (Phi) is 5.55. The van der Waals surface area contributed by atoms with Gasteiger partial charge in [0, 0.05) is 25.0 Å². The fraction of sp³-hybridized carbons (Fsp3) is 0.412. The van der Waals surface area contributed by atoms with Gasteiger partial charge in [0.05, 0.1) is 0 Å². The molecule has 0 spiro atoms. The molecule has 0 saturated heterocycles. The summed E-state index contributed by atoms with van der Waals surface area (Å²) in [5.41, 5.74) is 1.11. The second-order valence-corrected chi connectivity index (χ2v) is 5.43. The Balaban J connectivity index is 2.11. The molecule has 0 unspecified atom stereocenters. The van der Waals surface area contributed by atoms with Gasteiger partial charge in [-0.2, -0.15) is 4.98 Å². The molecule has 1 N–H and O–H groups in total. The zero-order valence-electron chi connectivity index (χ0n) is 13.1. The van der Waals surface area contributed by atoms with E-state index in [4.69, 9.17) is 0 Å². The summed E-state index contributed by atoms with van der Waals surface area (Å²) < 4.78 is 0. The first-order valence-corrected chi connectivity index (χ1v) is 7.60. The molecule has 4 heteroatoms. The van der Waals surface area contributed by atoms with Crippen LogP contribution in [0.25, 0.3) is 0 Å². The van der Waals surface area contributed by atoms with E-state index in [-0.39, 0.29) is 0 Å². The maximum absolute atomic E-state index is 4.62. The molecular weight excluding hydrogens is 260 g/mol. The fourth-order valence-electron chi connectivity index (χ4n) is 2.11. The van der Waals surface area contributed by atoms with Crippen molar-refractivity contribution in [2.75, 3.05) is 23.3 Å². The van der Waals surface area contributed by atoms with Crippen molar-refractivity contribution in [1.29, 1.82) is 0 Å². The second kappa shape index (κ2) is 7.62. The molecule has 1 heterocycles. The van der Waals surface area contributed by atoms with Gasteiger partial charge in [-0.25, -0.2) is 4.98 Å². The lowest BCUT2D eigenvalue weighted by Gasteiger charge is -2.21. The van der Waals surface area contributed by atoms with Crippen LogP contribution in [0.2, 0.25) is 0 Å². The highest BCUT2D eigenvalue weighted by molar-refractivity contribution is 5.58. The fourth-order valence-corrected chi connectivity index (χ4v) is 2.11. The van der Waals surface area contributed by atoms with Crippen LogP contribution in [0, 0.1) is 5.92 Å². The van der Waals surface area contributed by atoms with Gasteiger partial charge in [-0.15, -0.1) is 0 Å². The first kappa shape index (κ1) is 15.3. The lowest BCUT2D eigenvalue weighted by atomic mass is 10.1. The van der Waals surface area contributed by atoms with E-state index in [0.717, 1.165) is 37.0 Å². The van der Waals surface area contributed by atoms with E-state index in [2.05, 4.69) is 53.1 Å². The number of para-hydroxylation sites is 1. The molecule has 112 valence electrons. The lowest BCUT2D eigenvalue weighted by Crippen LogP contribution is -2.19. The summed E-state index contributed by atoms with van der Waals surface area (Å²) in [7, 11) is 0. The molecule has 4 nitrogen and oxygen atoms in total. The van der Waals surface area contributed by atoms with Crippen molar-refractivity contribution in [1.82, 2.24) is 9.97 Å². The Bertz CT molecular complexity index is 539. The number of hydrogen-bond acceptors (Lipinski definition) is 4. The van der Waals surface area contributed by atoms with Crippen molar-refractivity contribution in [3.63, 3.8) is 0 Å². The summed E-state index contributed by atoms with van der Waals surface area (Å²) in [4.78, 5) is 11.1. The summed E-state index contributed by atoms with van der Waals surface area (Å²) in [5, 5.41) is 3.37. The highest BCUT2D eigenvalue weighted by atomic mass is 15.3.